The molecule has 0 saturated heterocycles. The van der Waals surface area contributed by atoms with Gasteiger partial charge in [0, 0.05) is 18.2 Å². The molecular weight excluding hydrogens is 244 g/mol. The van der Waals surface area contributed by atoms with Gasteiger partial charge in [-0.25, -0.2) is 0 Å². The van der Waals surface area contributed by atoms with Gasteiger partial charge in [0.25, 0.3) is 0 Å². The molecule has 108 valence electrons. The summed E-state index contributed by atoms with van der Waals surface area (Å²) in [7, 11) is 0. The Morgan fingerprint density at radius 1 is 1.35 bits per heavy atom. The van der Waals surface area contributed by atoms with Gasteiger partial charge in [-0.15, -0.1) is 0 Å². The second-order valence-corrected chi connectivity index (χ2v) is 6.09. The highest BCUT2D eigenvalue weighted by Crippen LogP contribution is 2.29. The standard InChI is InChI=1S/C18H26N2/c1-15(2)10-12-20(18-8-9-18)14-17-6-3-5-16(13-17)7-4-11-19/h3,5-6,13,15,18H,8-12,14,19H2,1-2H3. The fourth-order valence-corrected chi connectivity index (χ4v) is 2.39. The van der Waals surface area contributed by atoms with E-state index in [1.807, 2.05) is 0 Å². The summed E-state index contributed by atoms with van der Waals surface area (Å²) in [5.74, 6) is 6.82. The summed E-state index contributed by atoms with van der Waals surface area (Å²) in [6, 6.07) is 9.38. The van der Waals surface area contributed by atoms with Crippen LogP contribution in [-0.4, -0.2) is 24.0 Å². The predicted octanol–water partition coefficient (Wildman–Crippen LogP) is 3.01. The fraction of sp³-hybridized carbons (Fsp3) is 0.556. The van der Waals surface area contributed by atoms with Gasteiger partial charge in [-0.1, -0.05) is 37.8 Å². The summed E-state index contributed by atoms with van der Waals surface area (Å²) in [4.78, 5) is 2.63. The van der Waals surface area contributed by atoms with Crippen molar-refractivity contribution in [1.82, 2.24) is 4.90 Å². The van der Waals surface area contributed by atoms with E-state index in [9.17, 15) is 0 Å². The minimum absolute atomic E-state index is 0.423. The Morgan fingerprint density at radius 2 is 2.15 bits per heavy atom. The van der Waals surface area contributed by atoms with Gasteiger partial charge in [0.2, 0.25) is 0 Å². The Labute approximate surface area is 123 Å². The first-order valence-electron chi connectivity index (χ1n) is 7.71. The van der Waals surface area contributed by atoms with Crippen LogP contribution in [0.4, 0.5) is 0 Å². The highest BCUT2D eigenvalue weighted by molar-refractivity contribution is 5.37. The molecule has 0 amide bonds. The molecule has 1 aromatic rings. The summed E-state index contributed by atoms with van der Waals surface area (Å²) < 4.78 is 0. The third kappa shape index (κ3) is 5.00. The molecule has 20 heavy (non-hydrogen) atoms. The van der Waals surface area contributed by atoms with Crippen LogP contribution in [0, 0.1) is 17.8 Å². The third-order valence-electron chi connectivity index (χ3n) is 3.70. The summed E-state index contributed by atoms with van der Waals surface area (Å²) in [5, 5.41) is 0. The molecule has 2 N–H and O–H groups in total. The number of nitrogens with zero attached hydrogens (tertiary/aromatic N) is 1. The first-order chi connectivity index (χ1) is 9.69. The summed E-state index contributed by atoms with van der Waals surface area (Å²) >= 11 is 0. The van der Waals surface area contributed by atoms with Crippen LogP contribution in [0.3, 0.4) is 0 Å². The number of rotatable bonds is 6. The number of benzene rings is 1. The lowest BCUT2D eigenvalue weighted by Gasteiger charge is -2.23. The van der Waals surface area contributed by atoms with E-state index in [2.05, 4.69) is 54.9 Å². The minimum atomic E-state index is 0.423. The molecule has 0 atom stereocenters. The fourth-order valence-electron chi connectivity index (χ4n) is 2.39. The van der Waals surface area contributed by atoms with Crippen LogP contribution in [0.5, 0.6) is 0 Å². The van der Waals surface area contributed by atoms with Crippen molar-refractivity contribution in [2.75, 3.05) is 13.1 Å². The van der Waals surface area contributed by atoms with Gasteiger partial charge in [-0.05, 0) is 49.4 Å². The van der Waals surface area contributed by atoms with Crippen LogP contribution in [-0.2, 0) is 6.54 Å². The van der Waals surface area contributed by atoms with Gasteiger partial charge in [0.05, 0.1) is 6.54 Å². The molecule has 1 saturated carbocycles. The normalized spacial score (nSPS) is 14.4. The van der Waals surface area contributed by atoms with Gasteiger partial charge >= 0.3 is 0 Å². The van der Waals surface area contributed by atoms with Crippen molar-refractivity contribution < 1.29 is 0 Å². The lowest BCUT2D eigenvalue weighted by Crippen LogP contribution is -2.27. The molecule has 0 aromatic heterocycles. The molecule has 0 aliphatic heterocycles. The number of nitrogens with two attached hydrogens (primary N) is 1. The van der Waals surface area contributed by atoms with E-state index in [0.29, 0.717) is 6.54 Å². The Bertz CT molecular complexity index is 478. The van der Waals surface area contributed by atoms with E-state index in [0.717, 1.165) is 24.1 Å². The molecule has 0 spiro atoms. The topological polar surface area (TPSA) is 29.3 Å². The van der Waals surface area contributed by atoms with Crippen LogP contribution in [0.25, 0.3) is 0 Å². The molecule has 0 unspecified atom stereocenters. The molecule has 1 aliphatic rings. The van der Waals surface area contributed by atoms with Crippen LogP contribution < -0.4 is 5.73 Å². The summed E-state index contributed by atoms with van der Waals surface area (Å²) in [5.41, 5.74) is 7.87. The van der Waals surface area contributed by atoms with Crippen LogP contribution >= 0.6 is 0 Å². The second kappa shape index (κ2) is 7.47. The highest BCUT2D eigenvalue weighted by Gasteiger charge is 2.28. The zero-order valence-electron chi connectivity index (χ0n) is 12.7. The second-order valence-electron chi connectivity index (χ2n) is 6.09. The van der Waals surface area contributed by atoms with Gasteiger partial charge in [-0.2, -0.15) is 0 Å². The predicted molar refractivity (Wildman–Crippen MR) is 85.3 cm³/mol. The SMILES string of the molecule is CC(C)CCN(Cc1cccc(C#CCN)c1)C1CC1. The summed E-state index contributed by atoms with van der Waals surface area (Å²) in [6.45, 7) is 7.28. The van der Waals surface area contributed by atoms with Gasteiger partial charge in [-0.3, -0.25) is 4.90 Å². The maximum Gasteiger partial charge on any atom is 0.0555 e. The zero-order valence-corrected chi connectivity index (χ0v) is 12.7. The zero-order chi connectivity index (χ0) is 14.4. The van der Waals surface area contributed by atoms with E-state index >= 15 is 0 Å². The Morgan fingerprint density at radius 3 is 2.80 bits per heavy atom. The van der Waals surface area contributed by atoms with Crippen molar-refractivity contribution in [3.05, 3.63) is 35.4 Å². The minimum Gasteiger partial charge on any atom is -0.320 e. The van der Waals surface area contributed by atoms with E-state index < -0.39 is 0 Å². The van der Waals surface area contributed by atoms with E-state index in [-0.39, 0.29) is 0 Å². The van der Waals surface area contributed by atoms with Crippen molar-refractivity contribution in [3.8, 4) is 11.8 Å². The first-order valence-corrected chi connectivity index (χ1v) is 7.71. The molecule has 1 aromatic carbocycles. The van der Waals surface area contributed by atoms with E-state index in [4.69, 9.17) is 5.73 Å². The average molecular weight is 270 g/mol. The Hall–Kier alpha value is -1.30. The van der Waals surface area contributed by atoms with Crippen LogP contribution in [0.1, 0.15) is 44.2 Å². The molecule has 2 heteroatoms. The van der Waals surface area contributed by atoms with Crippen molar-refractivity contribution in [2.24, 2.45) is 11.7 Å². The monoisotopic (exact) mass is 270 g/mol. The Balaban J connectivity index is 1.98. The van der Waals surface area contributed by atoms with Gasteiger partial charge in [0.1, 0.15) is 0 Å². The van der Waals surface area contributed by atoms with Crippen molar-refractivity contribution in [3.63, 3.8) is 0 Å². The average Bonchev–Trinajstić information content (AvgIpc) is 3.26. The van der Waals surface area contributed by atoms with Gasteiger partial charge in [0.15, 0.2) is 0 Å². The highest BCUT2D eigenvalue weighted by atomic mass is 15.2. The third-order valence-corrected chi connectivity index (χ3v) is 3.70. The molecule has 2 nitrogen and oxygen atoms in total. The van der Waals surface area contributed by atoms with Crippen LogP contribution in [0.15, 0.2) is 24.3 Å². The smallest absolute Gasteiger partial charge is 0.0555 e. The lowest BCUT2D eigenvalue weighted by atomic mass is 10.1. The Kier molecular flexibility index (Phi) is 5.64. The molecule has 2 rings (SSSR count). The molecule has 0 bridgehead atoms. The molecule has 1 fully saturated rings. The van der Waals surface area contributed by atoms with E-state index in [1.165, 1.54) is 31.4 Å². The lowest BCUT2D eigenvalue weighted by molar-refractivity contribution is 0.239. The maximum atomic E-state index is 5.43. The largest absolute Gasteiger partial charge is 0.320 e. The first kappa shape index (κ1) is 15.1. The van der Waals surface area contributed by atoms with Crippen molar-refractivity contribution in [1.29, 1.82) is 0 Å². The van der Waals surface area contributed by atoms with E-state index in [1.54, 1.807) is 0 Å². The molecule has 0 radical (unpaired) electrons. The van der Waals surface area contributed by atoms with Gasteiger partial charge < -0.3 is 5.73 Å². The van der Waals surface area contributed by atoms with Crippen molar-refractivity contribution >= 4 is 0 Å². The number of hydrogen-bond donors (Lipinski definition) is 1. The maximum absolute atomic E-state index is 5.43. The molecular formula is C18H26N2. The van der Waals surface area contributed by atoms with Crippen molar-refractivity contribution in [2.45, 2.75) is 45.7 Å². The number of hydrogen-bond acceptors (Lipinski definition) is 2. The quantitative estimate of drug-likeness (QED) is 0.805. The molecule has 1 aliphatic carbocycles. The van der Waals surface area contributed by atoms with Crippen LogP contribution in [0.2, 0.25) is 0 Å². The summed E-state index contributed by atoms with van der Waals surface area (Å²) in [6.07, 6.45) is 4.01. The molecule has 0 heterocycles.